The van der Waals surface area contributed by atoms with Crippen molar-refractivity contribution in [1.29, 1.82) is 0 Å². The molecule has 5 nitrogen and oxygen atoms in total. The Labute approximate surface area is 184 Å². The average molecular weight is 437 g/mol. The van der Waals surface area contributed by atoms with Crippen molar-refractivity contribution in [3.63, 3.8) is 0 Å². The van der Waals surface area contributed by atoms with Gasteiger partial charge in [-0.15, -0.1) is 0 Å². The van der Waals surface area contributed by atoms with Gasteiger partial charge in [-0.05, 0) is 48.4 Å². The van der Waals surface area contributed by atoms with E-state index in [0.29, 0.717) is 12.4 Å². The maximum absolute atomic E-state index is 13.6. The lowest BCUT2D eigenvalue weighted by Gasteiger charge is -2.13. The molecular formula is C25H21F2NO4. The van der Waals surface area contributed by atoms with Gasteiger partial charge < -0.3 is 14.8 Å². The fraction of sp³-hybridized carbons (Fsp3) is 0.120. The van der Waals surface area contributed by atoms with E-state index in [1.807, 2.05) is 30.3 Å². The molecule has 1 amide bonds. The van der Waals surface area contributed by atoms with Crippen LogP contribution in [0.3, 0.4) is 0 Å². The van der Waals surface area contributed by atoms with Crippen LogP contribution in [0.1, 0.15) is 18.1 Å². The second-order valence-corrected chi connectivity index (χ2v) is 6.87. The molecule has 0 heterocycles. The van der Waals surface area contributed by atoms with Crippen molar-refractivity contribution in [2.75, 3.05) is 5.32 Å². The smallest absolute Gasteiger partial charge is 0.331 e. The molecule has 0 spiro atoms. The van der Waals surface area contributed by atoms with Gasteiger partial charge in [-0.25, -0.2) is 13.6 Å². The van der Waals surface area contributed by atoms with Crippen LogP contribution in [0.2, 0.25) is 0 Å². The van der Waals surface area contributed by atoms with Crippen LogP contribution in [0, 0.1) is 11.6 Å². The van der Waals surface area contributed by atoms with E-state index in [-0.39, 0.29) is 5.69 Å². The minimum Gasteiger partial charge on any atom is -0.489 e. The van der Waals surface area contributed by atoms with E-state index in [2.05, 4.69) is 5.32 Å². The number of rotatable bonds is 8. The molecule has 164 valence electrons. The molecule has 1 atom stereocenters. The Morgan fingerprint density at radius 3 is 2.44 bits per heavy atom. The highest BCUT2D eigenvalue weighted by molar-refractivity contribution is 5.96. The lowest BCUT2D eigenvalue weighted by molar-refractivity contribution is -0.148. The van der Waals surface area contributed by atoms with Crippen molar-refractivity contribution >= 4 is 23.6 Å². The van der Waals surface area contributed by atoms with E-state index in [1.54, 1.807) is 24.3 Å². The number of halogens is 2. The van der Waals surface area contributed by atoms with Crippen LogP contribution in [-0.2, 0) is 20.9 Å². The molecule has 0 aromatic heterocycles. The molecular weight excluding hydrogens is 416 g/mol. The first kappa shape index (κ1) is 22.7. The average Bonchev–Trinajstić information content (AvgIpc) is 2.80. The summed E-state index contributed by atoms with van der Waals surface area (Å²) >= 11 is 0. The number of esters is 1. The van der Waals surface area contributed by atoms with Gasteiger partial charge in [-0.3, -0.25) is 4.79 Å². The summed E-state index contributed by atoms with van der Waals surface area (Å²) in [6, 6.07) is 19.5. The highest BCUT2D eigenvalue weighted by Gasteiger charge is 2.18. The molecule has 3 aromatic rings. The number of hydrogen-bond donors (Lipinski definition) is 1. The van der Waals surface area contributed by atoms with Crippen LogP contribution in [0.25, 0.3) is 6.08 Å². The molecule has 0 bridgehead atoms. The van der Waals surface area contributed by atoms with Gasteiger partial charge >= 0.3 is 5.97 Å². The molecule has 0 aliphatic heterocycles. The Balaban J connectivity index is 1.48. The summed E-state index contributed by atoms with van der Waals surface area (Å²) in [6.07, 6.45) is 1.50. The number of ether oxygens (including phenoxy) is 2. The van der Waals surface area contributed by atoms with Gasteiger partial charge in [0.1, 0.15) is 24.0 Å². The number of carbonyl (C=O) groups excluding carboxylic acids is 2. The SMILES string of the molecule is CC(OC(=O)/C=C/c1ccc(OCc2ccccc2)cc1)C(=O)Nc1cc(F)ccc1F. The van der Waals surface area contributed by atoms with Crippen molar-refractivity contribution in [3.05, 3.63) is 102 Å². The van der Waals surface area contributed by atoms with Crippen LogP contribution in [0.4, 0.5) is 14.5 Å². The van der Waals surface area contributed by atoms with Crippen LogP contribution in [-0.4, -0.2) is 18.0 Å². The number of carbonyl (C=O) groups is 2. The zero-order valence-electron chi connectivity index (χ0n) is 17.3. The lowest BCUT2D eigenvalue weighted by Crippen LogP contribution is -2.29. The van der Waals surface area contributed by atoms with Crippen LogP contribution in [0.15, 0.2) is 78.9 Å². The minimum absolute atomic E-state index is 0.331. The minimum atomic E-state index is -1.21. The van der Waals surface area contributed by atoms with E-state index in [9.17, 15) is 18.4 Å². The first-order valence-electron chi connectivity index (χ1n) is 9.82. The molecule has 0 saturated heterocycles. The molecule has 0 fully saturated rings. The highest BCUT2D eigenvalue weighted by atomic mass is 19.1. The highest BCUT2D eigenvalue weighted by Crippen LogP contribution is 2.17. The molecule has 7 heteroatoms. The van der Waals surface area contributed by atoms with Gasteiger partial charge in [0.05, 0.1) is 5.69 Å². The molecule has 0 saturated carbocycles. The fourth-order valence-electron chi connectivity index (χ4n) is 2.68. The molecule has 32 heavy (non-hydrogen) atoms. The van der Waals surface area contributed by atoms with Gasteiger partial charge in [-0.1, -0.05) is 42.5 Å². The fourth-order valence-corrected chi connectivity index (χ4v) is 2.68. The zero-order chi connectivity index (χ0) is 22.9. The Bertz CT molecular complexity index is 1100. The summed E-state index contributed by atoms with van der Waals surface area (Å²) in [5, 5.41) is 2.19. The standard InChI is InChI=1S/C25H21F2NO4/c1-17(25(30)28-23-15-20(26)10-13-22(23)27)32-24(29)14-9-18-7-11-21(12-8-18)31-16-19-5-3-2-4-6-19/h2-15,17H,16H2,1H3,(H,28,30)/b14-9+. The molecule has 0 aliphatic carbocycles. The third-order valence-corrected chi connectivity index (χ3v) is 4.39. The van der Waals surface area contributed by atoms with Crippen LogP contribution < -0.4 is 10.1 Å². The topological polar surface area (TPSA) is 64.6 Å². The third kappa shape index (κ3) is 6.77. The van der Waals surface area contributed by atoms with E-state index in [4.69, 9.17) is 9.47 Å². The third-order valence-electron chi connectivity index (χ3n) is 4.39. The number of amides is 1. The number of hydrogen-bond acceptors (Lipinski definition) is 4. The van der Waals surface area contributed by atoms with Crippen molar-refractivity contribution in [1.82, 2.24) is 0 Å². The summed E-state index contributed by atoms with van der Waals surface area (Å²) in [6.45, 7) is 1.78. The van der Waals surface area contributed by atoms with Crippen LogP contribution >= 0.6 is 0 Å². The van der Waals surface area contributed by atoms with Crippen molar-refractivity contribution < 1.29 is 27.8 Å². The normalized spacial score (nSPS) is 11.7. The molecule has 0 aliphatic rings. The molecule has 0 radical (unpaired) electrons. The van der Waals surface area contributed by atoms with Gasteiger partial charge in [0.25, 0.3) is 5.91 Å². The summed E-state index contributed by atoms with van der Waals surface area (Å²) < 4.78 is 37.5. The number of benzene rings is 3. The van der Waals surface area contributed by atoms with E-state index < -0.39 is 29.6 Å². The first-order chi connectivity index (χ1) is 15.4. The zero-order valence-corrected chi connectivity index (χ0v) is 17.3. The predicted molar refractivity (Wildman–Crippen MR) is 117 cm³/mol. The van der Waals surface area contributed by atoms with Gasteiger partial charge in [0.2, 0.25) is 0 Å². The largest absolute Gasteiger partial charge is 0.489 e. The lowest BCUT2D eigenvalue weighted by atomic mass is 10.2. The second kappa shape index (κ2) is 10.9. The summed E-state index contributed by atoms with van der Waals surface area (Å²) in [5.74, 6) is -2.35. The van der Waals surface area contributed by atoms with Crippen molar-refractivity contribution in [3.8, 4) is 5.75 Å². The number of nitrogens with one attached hydrogen (secondary N) is 1. The van der Waals surface area contributed by atoms with Gasteiger partial charge in [0, 0.05) is 12.1 Å². The predicted octanol–water partition coefficient (Wildman–Crippen LogP) is 5.13. The van der Waals surface area contributed by atoms with Gasteiger partial charge in [-0.2, -0.15) is 0 Å². The quantitative estimate of drug-likeness (QED) is 0.392. The maximum Gasteiger partial charge on any atom is 0.331 e. The molecule has 3 aromatic carbocycles. The number of anilines is 1. The Hall–Kier alpha value is -4.00. The Morgan fingerprint density at radius 1 is 1.00 bits per heavy atom. The Kier molecular flexibility index (Phi) is 7.70. The van der Waals surface area contributed by atoms with E-state index >= 15 is 0 Å². The summed E-state index contributed by atoms with van der Waals surface area (Å²) in [7, 11) is 0. The summed E-state index contributed by atoms with van der Waals surface area (Å²) in [4.78, 5) is 24.1. The Morgan fingerprint density at radius 2 is 1.72 bits per heavy atom. The van der Waals surface area contributed by atoms with Crippen molar-refractivity contribution in [2.24, 2.45) is 0 Å². The first-order valence-corrected chi connectivity index (χ1v) is 9.82. The maximum atomic E-state index is 13.6. The van der Waals surface area contributed by atoms with E-state index in [0.717, 1.165) is 29.3 Å². The second-order valence-electron chi connectivity index (χ2n) is 6.87. The monoisotopic (exact) mass is 437 g/mol. The van der Waals surface area contributed by atoms with Crippen LogP contribution in [0.5, 0.6) is 5.75 Å². The molecule has 3 rings (SSSR count). The molecule has 1 unspecified atom stereocenters. The van der Waals surface area contributed by atoms with Gasteiger partial charge in [0.15, 0.2) is 6.10 Å². The van der Waals surface area contributed by atoms with Crippen molar-refractivity contribution in [2.45, 2.75) is 19.6 Å². The van der Waals surface area contributed by atoms with E-state index in [1.165, 1.54) is 19.1 Å². The summed E-state index contributed by atoms with van der Waals surface area (Å²) in [5.41, 5.74) is 1.45. The molecule has 1 N–H and O–H groups in total.